The second kappa shape index (κ2) is 5.24. The summed E-state index contributed by atoms with van der Waals surface area (Å²) in [4.78, 5) is 20.5. The number of amides is 1. The Kier molecular flexibility index (Phi) is 3.47. The smallest absolute Gasteiger partial charge is 0.234 e. The summed E-state index contributed by atoms with van der Waals surface area (Å²) in [6, 6.07) is 0.467. The van der Waals surface area contributed by atoms with Crippen molar-refractivity contribution >= 4 is 22.4 Å². The Hall–Kier alpha value is -1.14. The van der Waals surface area contributed by atoms with Gasteiger partial charge in [-0.2, -0.15) is 0 Å². The van der Waals surface area contributed by atoms with E-state index in [9.17, 15) is 4.79 Å². The largest absolute Gasteiger partial charge is 0.352 e. The molecule has 0 radical (unpaired) electrons. The van der Waals surface area contributed by atoms with Gasteiger partial charge in [0.15, 0.2) is 5.13 Å². The summed E-state index contributed by atoms with van der Waals surface area (Å²) in [6.45, 7) is 4.35. The minimum absolute atomic E-state index is 0.181. The molecule has 0 atom stereocenters. The maximum Gasteiger partial charge on any atom is 0.234 e. The maximum atomic E-state index is 11.7. The van der Waals surface area contributed by atoms with Crippen LogP contribution in [0.15, 0.2) is 11.6 Å². The van der Waals surface area contributed by atoms with Crippen molar-refractivity contribution < 1.29 is 4.79 Å². The molecule has 1 aromatic heterocycles. The van der Waals surface area contributed by atoms with Gasteiger partial charge in [0.25, 0.3) is 0 Å². The lowest BCUT2D eigenvalue weighted by Gasteiger charge is -2.34. The third kappa shape index (κ3) is 3.00. The third-order valence-electron chi connectivity index (χ3n) is 3.37. The molecular formula is C12H18N4OS. The predicted octanol–water partition coefficient (Wildman–Crippen LogP) is 0.544. The summed E-state index contributed by atoms with van der Waals surface area (Å²) in [5.41, 5.74) is 0. The summed E-state index contributed by atoms with van der Waals surface area (Å²) >= 11 is 1.68. The van der Waals surface area contributed by atoms with Gasteiger partial charge in [-0.15, -0.1) is 11.3 Å². The topological polar surface area (TPSA) is 48.5 Å². The number of hydrogen-bond donors (Lipinski definition) is 1. The van der Waals surface area contributed by atoms with Gasteiger partial charge in [-0.3, -0.25) is 9.69 Å². The summed E-state index contributed by atoms with van der Waals surface area (Å²) in [5, 5.41) is 6.13. The van der Waals surface area contributed by atoms with E-state index in [0.29, 0.717) is 12.6 Å². The molecular weight excluding hydrogens is 248 g/mol. The monoisotopic (exact) mass is 266 g/mol. The van der Waals surface area contributed by atoms with Crippen molar-refractivity contribution in [2.24, 2.45) is 0 Å². The van der Waals surface area contributed by atoms with Crippen molar-refractivity contribution in [1.29, 1.82) is 0 Å². The highest BCUT2D eigenvalue weighted by molar-refractivity contribution is 7.13. The van der Waals surface area contributed by atoms with E-state index in [2.05, 4.69) is 20.1 Å². The van der Waals surface area contributed by atoms with Crippen molar-refractivity contribution in [3.8, 4) is 0 Å². The summed E-state index contributed by atoms with van der Waals surface area (Å²) in [7, 11) is 0. The van der Waals surface area contributed by atoms with Gasteiger partial charge in [0.05, 0.1) is 6.54 Å². The van der Waals surface area contributed by atoms with Crippen LogP contribution in [0.3, 0.4) is 0 Å². The van der Waals surface area contributed by atoms with Crippen molar-refractivity contribution in [3.05, 3.63) is 11.6 Å². The number of rotatable bonds is 4. The number of nitrogens with one attached hydrogen (secondary N) is 1. The normalized spacial score (nSPS) is 21.0. The number of aromatic nitrogens is 1. The van der Waals surface area contributed by atoms with Crippen LogP contribution in [-0.2, 0) is 4.79 Å². The number of hydrogen-bond acceptors (Lipinski definition) is 5. The van der Waals surface area contributed by atoms with Gasteiger partial charge >= 0.3 is 0 Å². The van der Waals surface area contributed by atoms with E-state index in [4.69, 9.17) is 0 Å². The Morgan fingerprint density at radius 1 is 1.39 bits per heavy atom. The summed E-state index contributed by atoms with van der Waals surface area (Å²) < 4.78 is 0. The zero-order valence-electron chi connectivity index (χ0n) is 10.3. The van der Waals surface area contributed by atoms with E-state index in [1.165, 1.54) is 0 Å². The van der Waals surface area contributed by atoms with Gasteiger partial charge in [-0.1, -0.05) is 0 Å². The van der Waals surface area contributed by atoms with Crippen LogP contribution in [0.5, 0.6) is 0 Å². The van der Waals surface area contributed by atoms with Crippen LogP contribution < -0.4 is 10.2 Å². The quantitative estimate of drug-likeness (QED) is 0.864. The van der Waals surface area contributed by atoms with Crippen LogP contribution in [-0.4, -0.2) is 54.6 Å². The molecule has 3 rings (SSSR count). The zero-order valence-corrected chi connectivity index (χ0v) is 11.2. The van der Waals surface area contributed by atoms with Crippen molar-refractivity contribution in [2.75, 3.05) is 37.6 Å². The van der Waals surface area contributed by atoms with Crippen molar-refractivity contribution in [1.82, 2.24) is 15.2 Å². The molecule has 1 aromatic rings. The van der Waals surface area contributed by atoms with Crippen molar-refractivity contribution in [3.63, 3.8) is 0 Å². The first-order valence-corrected chi connectivity index (χ1v) is 7.35. The van der Waals surface area contributed by atoms with E-state index >= 15 is 0 Å². The molecule has 6 heteroatoms. The molecule has 2 aliphatic rings. The van der Waals surface area contributed by atoms with Gasteiger partial charge in [-0.05, 0) is 12.8 Å². The molecule has 1 aliphatic carbocycles. The minimum Gasteiger partial charge on any atom is -0.352 e. The molecule has 0 spiro atoms. The van der Waals surface area contributed by atoms with E-state index in [0.717, 1.165) is 44.2 Å². The first-order chi connectivity index (χ1) is 8.81. The SMILES string of the molecule is O=C(CN1CCN(c2nccs2)CC1)NC1CC1. The van der Waals surface area contributed by atoms with Crippen LogP contribution in [0.25, 0.3) is 0 Å². The Morgan fingerprint density at radius 2 is 2.17 bits per heavy atom. The molecule has 5 nitrogen and oxygen atoms in total. The first kappa shape index (κ1) is 11.9. The second-order valence-electron chi connectivity index (χ2n) is 4.92. The van der Waals surface area contributed by atoms with Crippen molar-refractivity contribution in [2.45, 2.75) is 18.9 Å². The molecule has 0 unspecified atom stereocenters. The van der Waals surface area contributed by atoms with Gasteiger partial charge in [0.2, 0.25) is 5.91 Å². The average Bonchev–Trinajstić information content (AvgIpc) is 3.01. The number of nitrogens with zero attached hydrogens (tertiary/aromatic N) is 3. The second-order valence-corrected chi connectivity index (χ2v) is 5.79. The fraction of sp³-hybridized carbons (Fsp3) is 0.667. The molecule has 98 valence electrons. The Bertz CT molecular complexity index is 396. The summed E-state index contributed by atoms with van der Waals surface area (Å²) in [6.07, 6.45) is 4.16. The highest BCUT2D eigenvalue weighted by atomic mass is 32.1. The van der Waals surface area contributed by atoms with Gasteiger partial charge in [0, 0.05) is 43.8 Å². The molecule has 1 saturated carbocycles. The lowest BCUT2D eigenvalue weighted by atomic mass is 10.3. The number of anilines is 1. The lowest BCUT2D eigenvalue weighted by molar-refractivity contribution is -0.122. The van der Waals surface area contributed by atoms with Crippen LogP contribution >= 0.6 is 11.3 Å². The maximum absolute atomic E-state index is 11.7. The Balaban J connectivity index is 1.43. The molecule has 0 bridgehead atoms. The molecule has 0 aromatic carbocycles. The van der Waals surface area contributed by atoms with E-state index in [1.807, 2.05) is 11.6 Å². The average molecular weight is 266 g/mol. The van der Waals surface area contributed by atoms with Gasteiger partial charge in [-0.25, -0.2) is 4.98 Å². The molecule has 2 fully saturated rings. The zero-order chi connectivity index (χ0) is 12.4. The molecule has 1 saturated heterocycles. The molecule has 18 heavy (non-hydrogen) atoms. The minimum atomic E-state index is 0.181. The predicted molar refractivity (Wildman–Crippen MR) is 71.9 cm³/mol. The summed E-state index contributed by atoms with van der Waals surface area (Å²) in [5.74, 6) is 0.181. The number of carbonyl (C=O) groups excluding carboxylic acids is 1. The highest BCUT2D eigenvalue weighted by Gasteiger charge is 2.25. The Labute approximate surface area is 111 Å². The van der Waals surface area contributed by atoms with E-state index in [-0.39, 0.29) is 5.91 Å². The van der Waals surface area contributed by atoms with Gasteiger partial charge < -0.3 is 10.2 Å². The fourth-order valence-corrected chi connectivity index (χ4v) is 2.87. The molecule has 1 N–H and O–H groups in total. The van der Waals surface area contributed by atoms with E-state index < -0.39 is 0 Å². The van der Waals surface area contributed by atoms with Crippen LogP contribution in [0.1, 0.15) is 12.8 Å². The standard InChI is InChI=1S/C12H18N4OS/c17-11(14-10-1-2-10)9-15-4-6-16(7-5-15)12-13-3-8-18-12/h3,8,10H,1-2,4-7,9H2,(H,14,17). The fourth-order valence-electron chi connectivity index (χ4n) is 2.17. The van der Waals surface area contributed by atoms with Crippen LogP contribution in [0.4, 0.5) is 5.13 Å². The number of piperazine rings is 1. The Morgan fingerprint density at radius 3 is 2.78 bits per heavy atom. The first-order valence-electron chi connectivity index (χ1n) is 6.47. The van der Waals surface area contributed by atoms with Crippen LogP contribution in [0, 0.1) is 0 Å². The number of thiazole rings is 1. The van der Waals surface area contributed by atoms with Gasteiger partial charge in [0.1, 0.15) is 0 Å². The number of carbonyl (C=O) groups is 1. The lowest BCUT2D eigenvalue weighted by Crippen LogP contribution is -2.49. The van der Waals surface area contributed by atoms with E-state index in [1.54, 1.807) is 11.3 Å². The highest BCUT2D eigenvalue weighted by Crippen LogP contribution is 2.19. The molecule has 2 heterocycles. The van der Waals surface area contributed by atoms with Crippen LogP contribution in [0.2, 0.25) is 0 Å². The third-order valence-corrected chi connectivity index (χ3v) is 4.20. The molecule has 1 amide bonds. The molecule has 1 aliphatic heterocycles.